The quantitative estimate of drug-likeness (QED) is 0.835. The van der Waals surface area contributed by atoms with Gasteiger partial charge in [0.05, 0.1) is 5.56 Å². The minimum Gasteiger partial charge on any atom is -0.322 e. The van der Waals surface area contributed by atoms with E-state index >= 15 is 0 Å². The Labute approximate surface area is 125 Å². The molecule has 1 aromatic heterocycles. The van der Waals surface area contributed by atoms with E-state index in [1.807, 2.05) is 26.0 Å². The molecule has 0 aliphatic heterocycles. The first-order valence-electron chi connectivity index (χ1n) is 5.78. The average Bonchev–Trinajstić information content (AvgIpc) is 2.37. The highest BCUT2D eigenvalue weighted by atomic mass is 35.5. The van der Waals surface area contributed by atoms with Crippen LogP contribution in [0.1, 0.15) is 21.5 Å². The highest BCUT2D eigenvalue weighted by Gasteiger charge is 2.16. The summed E-state index contributed by atoms with van der Waals surface area (Å²) in [6, 6.07) is 6.54. The smallest absolute Gasteiger partial charge is 0.258 e. The van der Waals surface area contributed by atoms with Crippen molar-refractivity contribution in [2.24, 2.45) is 0 Å². The van der Waals surface area contributed by atoms with Gasteiger partial charge in [-0.2, -0.15) is 0 Å². The molecule has 2 aromatic rings. The summed E-state index contributed by atoms with van der Waals surface area (Å²) in [6.07, 6.45) is 0. The maximum atomic E-state index is 13.4. The van der Waals surface area contributed by atoms with Crippen LogP contribution in [0.25, 0.3) is 0 Å². The number of carbonyl (C=O) groups is 1. The lowest BCUT2D eigenvalue weighted by Crippen LogP contribution is -2.14. The van der Waals surface area contributed by atoms with E-state index in [0.717, 1.165) is 17.2 Å². The fourth-order valence-electron chi connectivity index (χ4n) is 1.75. The third-order valence-electron chi connectivity index (χ3n) is 2.76. The van der Waals surface area contributed by atoms with Crippen molar-refractivity contribution in [2.45, 2.75) is 13.8 Å². The maximum Gasteiger partial charge on any atom is 0.258 e. The molecular formula is C14H11Cl2FN2O. The molecule has 20 heavy (non-hydrogen) atoms. The molecule has 1 amide bonds. The summed E-state index contributed by atoms with van der Waals surface area (Å²) < 4.78 is 13.4. The molecule has 104 valence electrons. The van der Waals surface area contributed by atoms with Crippen molar-refractivity contribution in [3.8, 4) is 0 Å². The van der Waals surface area contributed by atoms with Gasteiger partial charge in [0.1, 0.15) is 5.15 Å². The third-order valence-corrected chi connectivity index (χ3v) is 3.31. The number of hydrogen-bond donors (Lipinski definition) is 1. The van der Waals surface area contributed by atoms with E-state index < -0.39 is 11.7 Å². The lowest BCUT2D eigenvalue weighted by atomic mass is 10.1. The first kappa shape index (κ1) is 14.8. The molecule has 0 bridgehead atoms. The second-order valence-corrected chi connectivity index (χ2v) is 5.09. The van der Waals surface area contributed by atoms with Crippen molar-refractivity contribution < 1.29 is 9.18 Å². The van der Waals surface area contributed by atoms with Crippen LogP contribution in [0.3, 0.4) is 0 Å². The van der Waals surface area contributed by atoms with Gasteiger partial charge in [-0.1, -0.05) is 40.9 Å². The normalized spacial score (nSPS) is 10.4. The van der Waals surface area contributed by atoms with Crippen molar-refractivity contribution in [1.29, 1.82) is 0 Å². The molecule has 0 saturated heterocycles. The van der Waals surface area contributed by atoms with Gasteiger partial charge in [0.2, 0.25) is 0 Å². The molecule has 0 unspecified atom stereocenters. The number of carbonyl (C=O) groups excluding carboxylic acids is 1. The van der Waals surface area contributed by atoms with Gasteiger partial charge >= 0.3 is 0 Å². The minimum absolute atomic E-state index is 0.0615. The zero-order valence-corrected chi connectivity index (χ0v) is 12.3. The molecule has 0 atom stereocenters. The van der Waals surface area contributed by atoms with Crippen molar-refractivity contribution in [2.75, 3.05) is 5.32 Å². The molecule has 1 heterocycles. The van der Waals surface area contributed by atoms with Gasteiger partial charge in [-0.3, -0.25) is 4.79 Å². The van der Waals surface area contributed by atoms with Gasteiger partial charge in [-0.15, -0.1) is 0 Å². The summed E-state index contributed by atoms with van der Waals surface area (Å²) in [5.41, 5.74) is 2.55. The predicted molar refractivity (Wildman–Crippen MR) is 78.1 cm³/mol. The van der Waals surface area contributed by atoms with Gasteiger partial charge in [0.25, 0.3) is 5.91 Å². The Morgan fingerprint density at radius 3 is 2.55 bits per heavy atom. The lowest BCUT2D eigenvalue weighted by Gasteiger charge is -2.10. The van der Waals surface area contributed by atoms with Gasteiger partial charge in [-0.05, 0) is 31.5 Å². The Kier molecular flexibility index (Phi) is 4.26. The summed E-state index contributed by atoms with van der Waals surface area (Å²) in [4.78, 5) is 15.7. The topological polar surface area (TPSA) is 42.0 Å². The highest BCUT2D eigenvalue weighted by Crippen LogP contribution is 2.22. The third kappa shape index (κ3) is 3.08. The fourth-order valence-corrected chi connectivity index (χ4v) is 2.16. The summed E-state index contributed by atoms with van der Waals surface area (Å²) in [5.74, 6) is -1.33. The molecule has 0 saturated carbocycles. The first-order valence-corrected chi connectivity index (χ1v) is 6.54. The molecule has 1 N–H and O–H groups in total. The van der Waals surface area contributed by atoms with Crippen LogP contribution >= 0.6 is 23.2 Å². The molecule has 1 aromatic carbocycles. The van der Waals surface area contributed by atoms with Crippen molar-refractivity contribution in [3.05, 3.63) is 57.1 Å². The molecule has 0 aliphatic rings. The molecular weight excluding hydrogens is 302 g/mol. The van der Waals surface area contributed by atoms with Crippen LogP contribution in [-0.4, -0.2) is 10.9 Å². The molecule has 0 fully saturated rings. The van der Waals surface area contributed by atoms with Crippen LogP contribution in [0, 0.1) is 19.7 Å². The number of anilines is 1. The summed E-state index contributed by atoms with van der Waals surface area (Å²) in [7, 11) is 0. The molecule has 0 radical (unpaired) electrons. The molecule has 0 aliphatic carbocycles. The van der Waals surface area contributed by atoms with E-state index in [4.69, 9.17) is 23.2 Å². The number of nitrogens with one attached hydrogen (secondary N) is 1. The van der Waals surface area contributed by atoms with E-state index in [2.05, 4.69) is 10.3 Å². The number of aromatic nitrogens is 1. The molecule has 2 rings (SSSR count). The Morgan fingerprint density at radius 2 is 1.90 bits per heavy atom. The van der Waals surface area contributed by atoms with E-state index in [0.29, 0.717) is 5.69 Å². The minimum atomic E-state index is -0.790. The van der Waals surface area contributed by atoms with E-state index in [9.17, 15) is 9.18 Å². The maximum absolute atomic E-state index is 13.4. The first-order chi connectivity index (χ1) is 9.38. The number of amides is 1. The molecule has 3 nitrogen and oxygen atoms in total. The Bertz CT molecular complexity index is 689. The van der Waals surface area contributed by atoms with Crippen LogP contribution in [-0.2, 0) is 0 Å². The standard InChI is InChI=1S/C14H11Cl2FN2O/c1-7-3-4-11(8(2)5-7)18-14(20)9-6-10(17)13(16)19-12(9)15/h3-6H,1-2H3,(H,18,20). The van der Waals surface area contributed by atoms with E-state index in [1.54, 1.807) is 6.07 Å². The average molecular weight is 313 g/mol. The second-order valence-electron chi connectivity index (χ2n) is 4.37. The van der Waals surface area contributed by atoms with Crippen LogP contribution in [0.5, 0.6) is 0 Å². The Morgan fingerprint density at radius 1 is 1.20 bits per heavy atom. The highest BCUT2D eigenvalue weighted by molar-refractivity contribution is 6.35. The van der Waals surface area contributed by atoms with Gasteiger partial charge in [0, 0.05) is 5.69 Å². The number of hydrogen-bond acceptors (Lipinski definition) is 2. The zero-order valence-electron chi connectivity index (χ0n) is 10.8. The van der Waals surface area contributed by atoms with Crippen LogP contribution in [0.15, 0.2) is 24.3 Å². The number of aryl methyl sites for hydroxylation is 2. The monoisotopic (exact) mass is 312 g/mol. The second kappa shape index (κ2) is 5.77. The molecule has 6 heteroatoms. The predicted octanol–water partition coefficient (Wildman–Crippen LogP) is 4.40. The Hall–Kier alpha value is -1.65. The molecule has 0 spiro atoms. The summed E-state index contributed by atoms with van der Waals surface area (Å²) in [5, 5.41) is 2.17. The van der Waals surface area contributed by atoms with E-state index in [1.165, 1.54) is 0 Å². The lowest BCUT2D eigenvalue weighted by molar-refractivity contribution is 0.102. The zero-order chi connectivity index (χ0) is 14.9. The van der Waals surface area contributed by atoms with Crippen molar-refractivity contribution >= 4 is 34.8 Å². The number of halogens is 3. The van der Waals surface area contributed by atoms with Gasteiger partial charge < -0.3 is 5.32 Å². The van der Waals surface area contributed by atoms with Gasteiger partial charge in [-0.25, -0.2) is 9.37 Å². The Balaban J connectivity index is 2.31. The van der Waals surface area contributed by atoms with Crippen LogP contribution < -0.4 is 5.32 Å². The fraction of sp³-hybridized carbons (Fsp3) is 0.143. The van der Waals surface area contributed by atoms with Gasteiger partial charge in [0.15, 0.2) is 11.0 Å². The van der Waals surface area contributed by atoms with E-state index in [-0.39, 0.29) is 15.9 Å². The number of nitrogens with zero attached hydrogens (tertiary/aromatic N) is 1. The van der Waals surface area contributed by atoms with Crippen molar-refractivity contribution in [1.82, 2.24) is 4.98 Å². The SMILES string of the molecule is Cc1ccc(NC(=O)c2cc(F)c(Cl)nc2Cl)c(C)c1. The van der Waals surface area contributed by atoms with Crippen LogP contribution in [0.4, 0.5) is 10.1 Å². The number of rotatable bonds is 2. The number of pyridine rings is 1. The summed E-state index contributed by atoms with van der Waals surface area (Å²) >= 11 is 11.3. The van der Waals surface area contributed by atoms with Crippen molar-refractivity contribution in [3.63, 3.8) is 0 Å². The summed E-state index contributed by atoms with van der Waals surface area (Å²) in [6.45, 7) is 3.82. The largest absolute Gasteiger partial charge is 0.322 e. The number of benzene rings is 1. The van der Waals surface area contributed by atoms with Crippen LogP contribution in [0.2, 0.25) is 10.3 Å².